The zero-order valence-electron chi connectivity index (χ0n) is 14.1. The van der Waals surface area contributed by atoms with Crippen molar-refractivity contribution in [3.05, 3.63) is 59.9 Å². The predicted octanol–water partition coefficient (Wildman–Crippen LogP) is 3.45. The number of nitrogens with zero attached hydrogens (tertiary/aromatic N) is 4. The van der Waals surface area contributed by atoms with Crippen molar-refractivity contribution in [1.82, 2.24) is 20.0 Å². The van der Waals surface area contributed by atoms with Crippen molar-refractivity contribution in [1.29, 1.82) is 0 Å². The number of aromatic nitrogens is 4. The van der Waals surface area contributed by atoms with Crippen LogP contribution in [0.4, 0.5) is 5.13 Å². The molecule has 7 nitrogen and oxygen atoms in total. The van der Waals surface area contributed by atoms with Crippen LogP contribution in [0.2, 0.25) is 0 Å². The number of hydrogen-bond donors (Lipinski definition) is 1. The number of rotatable bonds is 4. The highest BCUT2D eigenvalue weighted by Gasteiger charge is 2.18. The number of carbonyl (C=O) groups excluding carboxylic acids is 1. The number of carbonyl (C=O) groups is 1. The largest absolute Gasteiger partial charge is 0.497 e. The average molecular weight is 365 g/mol. The third-order valence-corrected chi connectivity index (χ3v) is 4.73. The van der Waals surface area contributed by atoms with Crippen molar-refractivity contribution in [2.75, 3.05) is 12.4 Å². The SMILES string of the molecule is COc1ccc2nc(NC(=O)c3nn(-c4ccccc4)nc3C)sc2c1. The van der Waals surface area contributed by atoms with Gasteiger partial charge in [-0.25, -0.2) is 4.98 Å². The summed E-state index contributed by atoms with van der Waals surface area (Å²) in [6, 6.07) is 15.0. The van der Waals surface area contributed by atoms with Gasteiger partial charge in [0.1, 0.15) is 5.75 Å². The summed E-state index contributed by atoms with van der Waals surface area (Å²) in [7, 11) is 1.61. The van der Waals surface area contributed by atoms with E-state index in [2.05, 4.69) is 20.5 Å². The molecule has 0 aliphatic heterocycles. The minimum Gasteiger partial charge on any atom is -0.497 e. The molecule has 0 unspecified atom stereocenters. The number of methoxy groups -OCH3 is 1. The Kier molecular flexibility index (Phi) is 4.10. The summed E-state index contributed by atoms with van der Waals surface area (Å²) in [4.78, 5) is 18.5. The number of amides is 1. The van der Waals surface area contributed by atoms with Gasteiger partial charge in [-0.3, -0.25) is 10.1 Å². The maximum Gasteiger partial charge on any atom is 0.279 e. The highest BCUT2D eigenvalue weighted by Crippen LogP contribution is 2.29. The van der Waals surface area contributed by atoms with Crippen LogP contribution >= 0.6 is 11.3 Å². The van der Waals surface area contributed by atoms with Crippen molar-refractivity contribution in [3.63, 3.8) is 0 Å². The van der Waals surface area contributed by atoms with Gasteiger partial charge in [-0.15, -0.1) is 5.10 Å². The quantitative estimate of drug-likeness (QED) is 0.599. The molecule has 130 valence electrons. The number of aryl methyl sites for hydroxylation is 1. The van der Waals surface area contributed by atoms with Gasteiger partial charge >= 0.3 is 0 Å². The molecular formula is C18H15N5O2S. The first-order valence-electron chi connectivity index (χ1n) is 7.89. The highest BCUT2D eigenvalue weighted by atomic mass is 32.1. The van der Waals surface area contributed by atoms with Crippen LogP contribution in [-0.2, 0) is 0 Å². The Balaban J connectivity index is 1.59. The Bertz CT molecular complexity index is 1090. The van der Waals surface area contributed by atoms with Crippen molar-refractivity contribution >= 4 is 32.6 Å². The Hall–Kier alpha value is -3.26. The lowest BCUT2D eigenvalue weighted by Crippen LogP contribution is -2.14. The first-order valence-corrected chi connectivity index (χ1v) is 8.71. The molecule has 0 fully saturated rings. The number of hydrogen-bond acceptors (Lipinski definition) is 6. The van der Waals surface area contributed by atoms with Gasteiger partial charge in [0.15, 0.2) is 10.8 Å². The van der Waals surface area contributed by atoms with Crippen LogP contribution in [-0.4, -0.2) is 33.0 Å². The molecule has 0 spiro atoms. The Labute approximate surface area is 153 Å². The summed E-state index contributed by atoms with van der Waals surface area (Å²) in [5, 5.41) is 11.9. The van der Waals surface area contributed by atoms with Gasteiger partial charge in [-0.2, -0.15) is 9.90 Å². The second-order valence-electron chi connectivity index (χ2n) is 5.57. The van der Waals surface area contributed by atoms with Gasteiger partial charge in [0.2, 0.25) is 0 Å². The van der Waals surface area contributed by atoms with Gasteiger partial charge < -0.3 is 4.74 Å². The highest BCUT2D eigenvalue weighted by molar-refractivity contribution is 7.22. The Morgan fingerprint density at radius 3 is 2.73 bits per heavy atom. The minimum absolute atomic E-state index is 0.269. The van der Waals surface area contributed by atoms with Crippen molar-refractivity contribution in [2.24, 2.45) is 0 Å². The number of nitrogens with one attached hydrogen (secondary N) is 1. The van der Waals surface area contributed by atoms with Crippen LogP contribution in [0.15, 0.2) is 48.5 Å². The van der Waals surface area contributed by atoms with Crippen LogP contribution in [0.1, 0.15) is 16.2 Å². The molecule has 4 rings (SSSR count). The fourth-order valence-electron chi connectivity index (χ4n) is 2.51. The molecule has 2 aromatic heterocycles. The summed E-state index contributed by atoms with van der Waals surface area (Å²) in [6.07, 6.45) is 0. The number of benzene rings is 2. The Morgan fingerprint density at radius 1 is 1.15 bits per heavy atom. The van der Waals surface area contributed by atoms with E-state index in [0.717, 1.165) is 21.7 Å². The van der Waals surface area contributed by atoms with Crippen LogP contribution in [0.3, 0.4) is 0 Å². The minimum atomic E-state index is -0.337. The van der Waals surface area contributed by atoms with E-state index in [4.69, 9.17) is 4.74 Å². The molecule has 0 saturated carbocycles. The second kappa shape index (κ2) is 6.57. The van der Waals surface area contributed by atoms with Crippen molar-refractivity contribution in [3.8, 4) is 11.4 Å². The number of thiazole rings is 1. The number of ether oxygens (including phenoxy) is 1. The predicted molar refractivity (Wildman–Crippen MR) is 100 cm³/mol. The first kappa shape index (κ1) is 16.2. The number of fused-ring (bicyclic) bond motifs is 1. The van der Waals surface area contributed by atoms with Crippen molar-refractivity contribution in [2.45, 2.75) is 6.92 Å². The zero-order valence-corrected chi connectivity index (χ0v) is 14.9. The number of anilines is 1. The molecule has 1 amide bonds. The first-order chi connectivity index (χ1) is 12.6. The zero-order chi connectivity index (χ0) is 18.1. The van der Waals surface area contributed by atoms with E-state index < -0.39 is 0 Å². The van der Waals surface area contributed by atoms with Gasteiger partial charge in [0.25, 0.3) is 5.91 Å². The van der Waals surface area contributed by atoms with E-state index >= 15 is 0 Å². The molecule has 0 saturated heterocycles. The van der Waals surface area contributed by atoms with E-state index in [-0.39, 0.29) is 11.6 Å². The smallest absolute Gasteiger partial charge is 0.279 e. The van der Waals surface area contributed by atoms with Crippen LogP contribution < -0.4 is 10.1 Å². The van der Waals surface area contributed by atoms with E-state index in [9.17, 15) is 4.79 Å². The van der Waals surface area contributed by atoms with Gasteiger partial charge in [-0.1, -0.05) is 29.5 Å². The maximum absolute atomic E-state index is 12.6. The molecule has 0 radical (unpaired) electrons. The monoisotopic (exact) mass is 365 g/mol. The molecule has 2 heterocycles. The maximum atomic E-state index is 12.6. The number of para-hydroxylation sites is 1. The third-order valence-electron chi connectivity index (χ3n) is 3.80. The average Bonchev–Trinajstić information content (AvgIpc) is 3.24. The van der Waals surface area contributed by atoms with Crippen LogP contribution in [0.25, 0.3) is 15.9 Å². The molecular weight excluding hydrogens is 350 g/mol. The standard InChI is InChI=1S/C18H15N5O2S/c1-11-16(22-23(21-11)12-6-4-3-5-7-12)17(24)20-18-19-14-9-8-13(25-2)10-15(14)26-18/h3-10H,1-2H3,(H,19,20,24). The molecule has 0 atom stereocenters. The van der Waals surface area contributed by atoms with Gasteiger partial charge in [0.05, 0.1) is 28.7 Å². The lowest BCUT2D eigenvalue weighted by Gasteiger charge is -1.98. The van der Waals surface area contributed by atoms with Gasteiger partial charge in [-0.05, 0) is 37.3 Å². The molecule has 2 aromatic carbocycles. The summed E-state index contributed by atoms with van der Waals surface area (Å²) in [5.74, 6) is 0.413. The normalized spacial score (nSPS) is 10.8. The Morgan fingerprint density at radius 2 is 1.96 bits per heavy atom. The summed E-state index contributed by atoms with van der Waals surface area (Å²) >= 11 is 1.38. The summed E-state index contributed by atoms with van der Waals surface area (Å²) in [5.41, 5.74) is 2.41. The molecule has 0 bridgehead atoms. The van der Waals surface area contributed by atoms with Crippen LogP contribution in [0, 0.1) is 6.92 Å². The lowest BCUT2D eigenvalue weighted by atomic mass is 10.3. The summed E-state index contributed by atoms with van der Waals surface area (Å²) < 4.78 is 6.15. The van der Waals surface area contributed by atoms with E-state index in [1.807, 2.05) is 48.5 Å². The molecule has 8 heteroatoms. The molecule has 0 aliphatic carbocycles. The molecule has 4 aromatic rings. The van der Waals surface area contributed by atoms with E-state index in [0.29, 0.717) is 10.8 Å². The topological polar surface area (TPSA) is 81.9 Å². The molecule has 26 heavy (non-hydrogen) atoms. The fraction of sp³-hybridized carbons (Fsp3) is 0.111. The second-order valence-corrected chi connectivity index (χ2v) is 6.60. The van der Waals surface area contributed by atoms with Crippen LogP contribution in [0.5, 0.6) is 5.75 Å². The van der Waals surface area contributed by atoms with E-state index in [1.54, 1.807) is 14.0 Å². The van der Waals surface area contributed by atoms with Gasteiger partial charge in [0, 0.05) is 0 Å². The molecule has 0 aliphatic rings. The lowest BCUT2D eigenvalue weighted by molar-refractivity contribution is 0.102. The van der Waals surface area contributed by atoms with Crippen molar-refractivity contribution < 1.29 is 9.53 Å². The molecule has 1 N–H and O–H groups in total. The fourth-order valence-corrected chi connectivity index (χ4v) is 3.40. The van der Waals surface area contributed by atoms with E-state index in [1.165, 1.54) is 16.1 Å². The third kappa shape index (κ3) is 3.02. The summed E-state index contributed by atoms with van der Waals surface area (Å²) in [6.45, 7) is 1.75.